The van der Waals surface area contributed by atoms with Gasteiger partial charge in [0.1, 0.15) is 11.2 Å². The van der Waals surface area contributed by atoms with E-state index in [4.69, 9.17) is 9.78 Å². The number of hydrogen-bond donors (Lipinski definition) is 2. The molecule has 4 saturated carbocycles. The van der Waals surface area contributed by atoms with Crippen LogP contribution in [0, 0.1) is 11.8 Å². The van der Waals surface area contributed by atoms with Crippen LogP contribution in [-0.2, 0) is 9.78 Å². The molecule has 4 fully saturated rings. The minimum atomic E-state index is -0.558. The Morgan fingerprint density at radius 3 is 1.18 bits per heavy atom. The van der Waals surface area contributed by atoms with Gasteiger partial charge in [0.2, 0.25) is 0 Å². The number of aliphatic hydroxyl groups excluding tert-OH is 2. The van der Waals surface area contributed by atoms with Crippen LogP contribution in [0.2, 0.25) is 0 Å². The molecule has 0 amide bonds. The third-order valence-corrected chi connectivity index (χ3v) is 8.66. The normalized spacial score (nSPS) is 41.8. The summed E-state index contributed by atoms with van der Waals surface area (Å²) in [5.41, 5.74) is -1.12. The fourth-order valence-corrected chi connectivity index (χ4v) is 6.92. The van der Waals surface area contributed by atoms with Crippen LogP contribution in [0.3, 0.4) is 0 Å². The van der Waals surface area contributed by atoms with Crippen LogP contribution in [0.1, 0.15) is 116 Å². The van der Waals surface area contributed by atoms with Gasteiger partial charge in [-0.2, -0.15) is 0 Å². The van der Waals surface area contributed by atoms with E-state index in [9.17, 15) is 10.2 Å². The largest absolute Gasteiger partial charge is 0.390 e. The highest BCUT2D eigenvalue weighted by atomic mass is 17.2. The molecule has 0 radical (unpaired) electrons. The van der Waals surface area contributed by atoms with Gasteiger partial charge in [0.05, 0.1) is 12.2 Å². The third-order valence-electron chi connectivity index (χ3n) is 8.66. The molecule has 4 heteroatoms. The smallest absolute Gasteiger partial charge is 0.132 e. The average Bonchev–Trinajstić information content (AvgIpc) is 2.76. The molecule has 28 heavy (non-hydrogen) atoms. The zero-order valence-corrected chi connectivity index (χ0v) is 17.7. The summed E-state index contributed by atoms with van der Waals surface area (Å²) >= 11 is 0. The molecule has 4 aliphatic rings. The van der Waals surface area contributed by atoms with Crippen LogP contribution in [0.5, 0.6) is 0 Å². The van der Waals surface area contributed by atoms with Gasteiger partial charge in [-0.15, -0.1) is 0 Å². The van der Waals surface area contributed by atoms with Gasteiger partial charge in [-0.3, -0.25) is 0 Å². The van der Waals surface area contributed by atoms with Gasteiger partial charge >= 0.3 is 0 Å². The maximum Gasteiger partial charge on any atom is 0.132 e. The summed E-state index contributed by atoms with van der Waals surface area (Å²) in [6, 6.07) is 0. The lowest BCUT2D eigenvalue weighted by Crippen LogP contribution is -2.59. The Morgan fingerprint density at radius 2 is 0.821 bits per heavy atom. The number of aliphatic hydroxyl groups is 2. The lowest BCUT2D eigenvalue weighted by Gasteiger charge is -2.51. The van der Waals surface area contributed by atoms with Crippen LogP contribution in [-0.4, -0.2) is 33.6 Å². The van der Waals surface area contributed by atoms with Crippen molar-refractivity contribution in [3.05, 3.63) is 0 Å². The first kappa shape index (κ1) is 21.1. The van der Waals surface area contributed by atoms with Gasteiger partial charge in [0.25, 0.3) is 0 Å². The van der Waals surface area contributed by atoms with Crippen LogP contribution >= 0.6 is 0 Å². The minimum Gasteiger partial charge on any atom is -0.390 e. The predicted octanol–water partition coefficient (Wildman–Crippen LogP) is 5.44. The van der Waals surface area contributed by atoms with Crippen molar-refractivity contribution in [2.45, 2.75) is 139 Å². The Bertz CT molecular complexity index is 441. The Hall–Kier alpha value is -0.160. The molecule has 162 valence electrons. The molecule has 0 aliphatic heterocycles. The zero-order valence-electron chi connectivity index (χ0n) is 17.7. The van der Waals surface area contributed by atoms with Crippen molar-refractivity contribution in [3.63, 3.8) is 0 Å². The van der Waals surface area contributed by atoms with E-state index in [-0.39, 0.29) is 0 Å². The SMILES string of the molecule is OC1CCCCC1(OOC1(C2CCCCC2)CCCCC1O)C1CCCCC1. The summed E-state index contributed by atoms with van der Waals surface area (Å²) < 4.78 is 0. The molecule has 0 saturated heterocycles. The second kappa shape index (κ2) is 9.32. The summed E-state index contributed by atoms with van der Waals surface area (Å²) in [4.78, 5) is 13.0. The molecule has 0 heterocycles. The molecule has 4 unspecified atom stereocenters. The fourth-order valence-electron chi connectivity index (χ4n) is 6.92. The van der Waals surface area contributed by atoms with Crippen molar-refractivity contribution in [1.82, 2.24) is 0 Å². The van der Waals surface area contributed by atoms with E-state index in [1.807, 2.05) is 0 Å². The molecule has 0 spiro atoms. The molecular weight excluding hydrogens is 352 g/mol. The lowest BCUT2D eigenvalue weighted by molar-refractivity contribution is -0.463. The molecule has 0 aromatic carbocycles. The van der Waals surface area contributed by atoms with E-state index in [0.717, 1.165) is 77.0 Å². The van der Waals surface area contributed by atoms with Gasteiger partial charge in [0, 0.05) is 0 Å². The van der Waals surface area contributed by atoms with Crippen LogP contribution in [0.15, 0.2) is 0 Å². The first-order valence-corrected chi connectivity index (χ1v) is 12.4. The summed E-state index contributed by atoms with van der Waals surface area (Å²) in [5, 5.41) is 22.2. The van der Waals surface area contributed by atoms with Crippen LogP contribution in [0.25, 0.3) is 0 Å². The van der Waals surface area contributed by atoms with Gasteiger partial charge in [-0.05, 0) is 63.2 Å². The summed E-state index contributed by atoms with van der Waals surface area (Å²) in [7, 11) is 0. The monoisotopic (exact) mass is 394 g/mol. The van der Waals surface area contributed by atoms with Crippen molar-refractivity contribution in [1.29, 1.82) is 0 Å². The topological polar surface area (TPSA) is 58.9 Å². The molecule has 4 atom stereocenters. The molecule has 4 nitrogen and oxygen atoms in total. The summed E-state index contributed by atoms with van der Waals surface area (Å²) in [6.07, 6.45) is 19.0. The summed E-state index contributed by atoms with van der Waals surface area (Å²) in [5.74, 6) is 0.779. The van der Waals surface area contributed by atoms with E-state index >= 15 is 0 Å². The van der Waals surface area contributed by atoms with E-state index in [0.29, 0.717) is 11.8 Å². The van der Waals surface area contributed by atoms with Gasteiger partial charge in [-0.1, -0.05) is 64.2 Å². The highest BCUT2D eigenvalue weighted by Gasteiger charge is 2.54. The second-order valence-electron chi connectivity index (χ2n) is 10.3. The molecule has 2 N–H and O–H groups in total. The average molecular weight is 395 g/mol. The van der Waals surface area contributed by atoms with Crippen molar-refractivity contribution < 1.29 is 20.0 Å². The summed E-state index contributed by atoms with van der Waals surface area (Å²) in [6.45, 7) is 0. The molecular formula is C24H42O4. The molecule has 0 bridgehead atoms. The van der Waals surface area contributed by atoms with Gasteiger partial charge in [0.15, 0.2) is 0 Å². The second-order valence-corrected chi connectivity index (χ2v) is 10.3. The van der Waals surface area contributed by atoms with Crippen molar-refractivity contribution in [3.8, 4) is 0 Å². The van der Waals surface area contributed by atoms with E-state index < -0.39 is 23.4 Å². The molecule has 0 aromatic heterocycles. The van der Waals surface area contributed by atoms with Crippen LogP contribution < -0.4 is 0 Å². The maximum atomic E-state index is 11.1. The molecule has 4 rings (SSSR count). The van der Waals surface area contributed by atoms with Crippen molar-refractivity contribution >= 4 is 0 Å². The highest BCUT2D eigenvalue weighted by molar-refractivity contribution is 5.00. The zero-order chi connectivity index (χ0) is 19.5. The van der Waals surface area contributed by atoms with E-state index in [2.05, 4.69) is 0 Å². The fraction of sp³-hybridized carbons (Fsp3) is 1.00. The Labute approximate surface area is 171 Å². The van der Waals surface area contributed by atoms with Crippen molar-refractivity contribution in [2.75, 3.05) is 0 Å². The van der Waals surface area contributed by atoms with Crippen LogP contribution in [0.4, 0.5) is 0 Å². The molecule has 4 aliphatic carbocycles. The lowest BCUT2D eigenvalue weighted by atomic mass is 9.68. The maximum absolute atomic E-state index is 11.1. The highest BCUT2D eigenvalue weighted by Crippen LogP contribution is 2.49. The predicted molar refractivity (Wildman–Crippen MR) is 110 cm³/mol. The first-order valence-electron chi connectivity index (χ1n) is 12.4. The Morgan fingerprint density at radius 1 is 0.464 bits per heavy atom. The number of rotatable bonds is 5. The Kier molecular flexibility index (Phi) is 7.02. The van der Waals surface area contributed by atoms with E-state index in [1.54, 1.807) is 0 Å². The number of hydrogen-bond acceptors (Lipinski definition) is 4. The van der Waals surface area contributed by atoms with Gasteiger partial charge in [-0.25, -0.2) is 9.78 Å². The Balaban J connectivity index is 1.56. The van der Waals surface area contributed by atoms with E-state index in [1.165, 1.54) is 38.5 Å². The van der Waals surface area contributed by atoms with Crippen molar-refractivity contribution in [2.24, 2.45) is 11.8 Å². The third kappa shape index (κ3) is 4.04. The first-order chi connectivity index (χ1) is 13.7. The quantitative estimate of drug-likeness (QED) is 0.481. The minimum absolute atomic E-state index is 0.390. The molecule has 0 aromatic rings. The van der Waals surface area contributed by atoms with Gasteiger partial charge < -0.3 is 10.2 Å². The standard InChI is InChI=1S/C24H42O4/c25-21-15-7-9-17-23(21,19-11-3-1-4-12-19)27-28-24(18-10-8-16-22(24)26)20-13-5-2-6-14-20/h19-22,25-26H,1-18H2.